The average Bonchev–Trinajstić information content (AvgIpc) is 3.86. The van der Waals surface area contributed by atoms with Crippen molar-refractivity contribution in [3.63, 3.8) is 0 Å². The van der Waals surface area contributed by atoms with Crippen molar-refractivity contribution in [3.05, 3.63) is 65.9 Å². The molecule has 2 bridgehead atoms. The van der Waals surface area contributed by atoms with Gasteiger partial charge in [0.05, 0.1) is 24.6 Å². The molecule has 1 saturated carbocycles. The van der Waals surface area contributed by atoms with Gasteiger partial charge in [-0.05, 0) is 74.0 Å². The Morgan fingerprint density at radius 2 is 1.93 bits per heavy atom. The van der Waals surface area contributed by atoms with Crippen LogP contribution < -0.4 is 20.1 Å². The van der Waals surface area contributed by atoms with Gasteiger partial charge in [0.2, 0.25) is 5.91 Å². The lowest BCUT2D eigenvalue weighted by molar-refractivity contribution is -0.156. The predicted octanol–water partition coefficient (Wildman–Crippen LogP) is 4.04. The number of hydrogen-bond acceptors (Lipinski definition) is 8. The Morgan fingerprint density at radius 1 is 1.09 bits per heavy atom. The Labute approximate surface area is 264 Å². The van der Waals surface area contributed by atoms with Crippen LogP contribution in [0, 0.1) is 11.3 Å². The molecule has 1 unspecified atom stereocenters. The number of carbonyl (C=O) groups excluding carboxylic acids is 3. The maximum Gasteiger partial charge on any atom is 0.314 e. The molecule has 1 aliphatic carbocycles. The van der Waals surface area contributed by atoms with Crippen LogP contribution in [0.15, 0.2) is 54.7 Å². The Hall–Kier alpha value is -4.18. The maximum absolute atomic E-state index is 13.6. The number of hydrogen-bond donors (Lipinski definition) is 2. The van der Waals surface area contributed by atoms with E-state index in [9.17, 15) is 14.4 Å². The molecule has 1 aliphatic heterocycles. The van der Waals surface area contributed by atoms with Gasteiger partial charge in [0.1, 0.15) is 0 Å². The molecule has 0 radical (unpaired) electrons. The molecule has 5 rings (SSSR count). The van der Waals surface area contributed by atoms with Crippen LogP contribution in [0.25, 0.3) is 10.9 Å². The monoisotopic (exact) mass is 616 g/mol. The molecule has 10 nitrogen and oxygen atoms in total. The summed E-state index contributed by atoms with van der Waals surface area (Å²) in [5, 5.41) is 7.14. The molecule has 45 heavy (non-hydrogen) atoms. The third-order valence-corrected chi connectivity index (χ3v) is 8.60. The number of para-hydroxylation sites is 1. The summed E-state index contributed by atoms with van der Waals surface area (Å²) in [5.41, 5.74) is 1.98. The van der Waals surface area contributed by atoms with Gasteiger partial charge in [-0.3, -0.25) is 24.3 Å². The van der Waals surface area contributed by atoms with E-state index in [0.717, 1.165) is 34.9 Å². The van der Waals surface area contributed by atoms with Gasteiger partial charge in [-0.15, -0.1) is 0 Å². The largest absolute Gasteiger partial charge is 0.493 e. The Balaban J connectivity index is 1.39. The minimum absolute atomic E-state index is 0.0954. The van der Waals surface area contributed by atoms with Crippen molar-refractivity contribution in [2.75, 3.05) is 46.5 Å². The first-order valence-corrected chi connectivity index (χ1v) is 15.9. The molecule has 1 fully saturated rings. The minimum Gasteiger partial charge on any atom is -0.493 e. The first kappa shape index (κ1) is 32.2. The summed E-state index contributed by atoms with van der Waals surface area (Å²) >= 11 is 0. The van der Waals surface area contributed by atoms with Gasteiger partial charge in [0.25, 0.3) is 5.91 Å². The molecule has 2 aliphatic rings. The summed E-state index contributed by atoms with van der Waals surface area (Å²) in [6.45, 7) is 4.40. The number of methoxy groups -OCH3 is 1. The van der Waals surface area contributed by atoms with E-state index in [4.69, 9.17) is 14.2 Å². The van der Waals surface area contributed by atoms with Gasteiger partial charge < -0.3 is 24.8 Å². The van der Waals surface area contributed by atoms with Gasteiger partial charge >= 0.3 is 5.97 Å². The molecule has 2 heterocycles. The number of rotatable bonds is 7. The van der Waals surface area contributed by atoms with Crippen LogP contribution in [-0.4, -0.2) is 74.2 Å². The SMILES string of the molecule is CCOC(=O)C1(CC2CC2)CNC(=O)CCCN(Cc2ccnc3ccccc23)CCNC(=O)COc2cc(ccc2OC)C1. The molecule has 3 aromatic rings. The second-order valence-corrected chi connectivity index (χ2v) is 12.1. The molecule has 240 valence electrons. The lowest BCUT2D eigenvalue weighted by atomic mass is 9.76. The highest BCUT2D eigenvalue weighted by molar-refractivity contribution is 5.82. The standard InChI is InChI=1S/C35H44N4O6/c1-3-44-34(42)35(20-25-10-11-25)21-26-12-13-30(43-2)31(19-26)45-23-33(41)37-16-18-39(17-6-9-32(40)38-24-35)22-27-14-15-36-29-8-5-4-7-28(27)29/h4-5,7-8,12-15,19,25H,3,6,9-11,16-18,20-24H2,1-2H3,(H,37,41)(H,38,40). The molecular weight excluding hydrogens is 572 g/mol. The van der Waals surface area contributed by atoms with Gasteiger partial charge in [0, 0.05) is 44.2 Å². The number of pyridine rings is 1. The summed E-state index contributed by atoms with van der Waals surface area (Å²) in [5.74, 6) is 0.688. The van der Waals surface area contributed by atoms with E-state index in [-0.39, 0.29) is 37.5 Å². The minimum atomic E-state index is -0.921. The quantitative estimate of drug-likeness (QED) is 0.382. The number of ether oxygens (including phenoxy) is 3. The first-order chi connectivity index (χ1) is 21.9. The highest BCUT2D eigenvalue weighted by atomic mass is 16.5. The summed E-state index contributed by atoms with van der Waals surface area (Å²) in [7, 11) is 1.55. The van der Waals surface area contributed by atoms with Gasteiger partial charge in [0.15, 0.2) is 18.1 Å². The highest BCUT2D eigenvalue weighted by Gasteiger charge is 2.44. The van der Waals surface area contributed by atoms with Crippen molar-refractivity contribution in [2.45, 2.75) is 52.0 Å². The Bertz CT molecular complexity index is 1490. The molecule has 2 amide bonds. The van der Waals surface area contributed by atoms with E-state index in [0.29, 0.717) is 69.3 Å². The van der Waals surface area contributed by atoms with Gasteiger partial charge in [-0.2, -0.15) is 0 Å². The number of nitrogens with zero attached hydrogens (tertiary/aromatic N) is 2. The first-order valence-electron chi connectivity index (χ1n) is 15.9. The number of carbonyl (C=O) groups is 3. The van der Waals surface area contributed by atoms with E-state index in [1.807, 2.05) is 42.6 Å². The van der Waals surface area contributed by atoms with Crippen LogP contribution in [0.2, 0.25) is 0 Å². The fourth-order valence-electron chi connectivity index (χ4n) is 6.10. The highest BCUT2D eigenvalue weighted by Crippen LogP contribution is 2.43. The number of benzene rings is 2. The molecule has 10 heteroatoms. The fourth-order valence-corrected chi connectivity index (χ4v) is 6.10. The van der Waals surface area contributed by atoms with Crippen LogP contribution in [0.1, 0.15) is 50.2 Å². The zero-order chi connectivity index (χ0) is 31.6. The summed E-state index contributed by atoms with van der Waals surface area (Å²) in [4.78, 5) is 46.3. The van der Waals surface area contributed by atoms with E-state index in [1.54, 1.807) is 20.1 Å². The van der Waals surface area contributed by atoms with Crippen LogP contribution >= 0.6 is 0 Å². The fraction of sp³-hybridized carbons (Fsp3) is 0.486. The molecule has 1 atom stereocenters. The number of amides is 2. The lowest BCUT2D eigenvalue weighted by Gasteiger charge is -2.32. The van der Waals surface area contributed by atoms with Crippen molar-refractivity contribution in [3.8, 4) is 11.5 Å². The molecule has 2 N–H and O–H groups in total. The average molecular weight is 617 g/mol. The topological polar surface area (TPSA) is 119 Å². The van der Waals surface area contributed by atoms with Gasteiger partial charge in [-0.25, -0.2) is 0 Å². The molecule has 0 saturated heterocycles. The van der Waals surface area contributed by atoms with Gasteiger partial charge in [-0.1, -0.05) is 37.1 Å². The van der Waals surface area contributed by atoms with E-state index < -0.39 is 5.41 Å². The smallest absolute Gasteiger partial charge is 0.314 e. The summed E-state index contributed by atoms with van der Waals surface area (Å²) < 4.78 is 17.1. The maximum atomic E-state index is 13.6. The third kappa shape index (κ3) is 8.72. The third-order valence-electron chi connectivity index (χ3n) is 8.60. The number of nitrogens with one attached hydrogen (secondary N) is 2. The van der Waals surface area contributed by atoms with Crippen LogP contribution in [0.4, 0.5) is 0 Å². The van der Waals surface area contributed by atoms with Crippen molar-refractivity contribution in [1.82, 2.24) is 20.5 Å². The number of fused-ring (bicyclic) bond motifs is 3. The molecular formula is C35H44N4O6. The molecule has 2 aromatic carbocycles. The zero-order valence-corrected chi connectivity index (χ0v) is 26.3. The van der Waals surface area contributed by atoms with Crippen molar-refractivity contribution in [1.29, 1.82) is 0 Å². The molecule has 0 spiro atoms. The van der Waals surface area contributed by atoms with Crippen molar-refractivity contribution < 1.29 is 28.6 Å². The van der Waals surface area contributed by atoms with Crippen LogP contribution in [0.3, 0.4) is 0 Å². The van der Waals surface area contributed by atoms with Crippen molar-refractivity contribution >= 4 is 28.7 Å². The second-order valence-electron chi connectivity index (χ2n) is 12.1. The second kappa shape index (κ2) is 15.2. The normalized spacial score (nSPS) is 20.7. The predicted molar refractivity (Wildman–Crippen MR) is 171 cm³/mol. The van der Waals surface area contributed by atoms with Crippen LogP contribution in [-0.2, 0) is 32.1 Å². The Kier molecular flexibility index (Phi) is 10.9. The zero-order valence-electron chi connectivity index (χ0n) is 26.3. The van der Waals surface area contributed by atoms with E-state index >= 15 is 0 Å². The van der Waals surface area contributed by atoms with E-state index in [1.165, 1.54) is 0 Å². The summed E-state index contributed by atoms with van der Waals surface area (Å²) in [6, 6.07) is 15.5. The summed E-state index contributed by atoms with van der Waals surface area (Å²) in [6.07, 6.45) is 5.87. The molecule has 1 aromatic heterocycles. The lowest BCUT2D eigenvalue weighted by Crippen LogP contribution is -2.46. The van der Waals surface area contributed by atoms with Crippen molar-refractivity contribution in [2.24, 2.45) is 11.3 Å². The van der Waals surface area contributed by atoms with E-state index in [2.05, 4.69) is 26.6 Å². The van der Waals surface area contributed by atoms with Crippen LogP contribution in [0.5, 0.6) is 11.5 Å². The number of aromatic nitrogens is 1. The Morgan fingerprint density at radius 3 is 2.73 bits per heavy atom. The number of esters is 1.